The molecule has 0 spiro atoms. The molecule has 4 atom stereocenters. The van der Waals surface area contributed by atoms with E-state index in [2.05, 4.69) is 0 Å². The molecule has 1 saturated heterocycles. The summed E-state index contributed by atoms with van der Waals surface area (Å²) >= 11 is 0. The normalized spacial score (nSPS) is 21.8. The second kappa shape index (κ2) is 11.0. The Bertz CT molecular complexity index is 1370. The topological polar surface area (TPSA) is 135 Å². The zero-order valence-electron chi connectivity index (χ0n) is 21.8. The highest BCUT2D eigenvalue weighted by atomic mass is 16.5. The molecule has 9 heteroatoms. The van der Waals surface area contributed by atoms with E-state index in [4.69, 9.17) is 18.9 Å². The lowest BCUT2D eigenvalue weighted by Crippen LogP contribution is -2.21. The number of carbonyl (C=O) groups is 1. The second-order valence-corrected chi connectivity index (χ2v) is 10.0. The molecule has 2 aliphatic rings. The minimum Gasteiger partial charge on any atom is -0.508 e. The molecule has 0 saturated carbocycles. The fourth-order valence-electron chi connectivity index (χ4n) is 5.59. The van der Waals surface area contributed by atoms with Gasteiger partial charge in [-0.05, 0) is 59.9 Å². The van der Waals surface area contributed by atoms with Crippen LogP contribution in [0, 0.1) is 11.8 Å². The van der Waals surface area contributed by atoms with Crippen LogP contribution in [0.4, 0.5) is 0 Å². The quantitative estimate of drug-likeness (QED) is 0.304. The first-order valence-corrected chi connectivity index (χ1v) is 12.8. The SMILES string of the molecule is COc1cc(CC2C(=O)OCC2Cc2cc(OC)c3c(c2)C(CO)C(c2ccc(O)c(CO)c2)O3)ccc1O. The monoisotopic (exact) mass is 536 g/mol. The highest BCUT2D eigenvalue weighted by Gasteiger charge is 2.40. The molecule has 0 radical (unpaired) electrons. The van der Waals surface area contributed by atoms with E-state index in [9.17, 15) is 25.2 Å². The van der Waals surface area contributed by atoms with Gasteiger partial charge in [-0.3, -0.25) is 4.79 Å². The summed E-state index contributed by atoms with van der Waals surface area (Å²) in [4.78, 5) is 12.7. The van der Waals surface area contributed by atoms with Gasteiger partial charge in [-0.2, -0.15) is 0 Å². The number of esters is 1. The molecule has 0 aromatic heterocycles. The van der Waals surface area contributed by atoms with E-state index in [0.717, 1.165) is 22.3 Å². The van der Waals surface area contributed by atoms with E-state index in [1.54, 1.807) is 37.4 Å². The number of rotatable bonds is 9. The molecule has 39 heavy (non-hydrogen) atoms. The van der Waals surface area contributed by atoms with Crippen LogP contribution in [0.2, 0.25) is 0 Å². The Kier molecular flexibility index (Phi) is 7.54. The number of carbonyl (C=O) groups excluding carboxylic acids is 1. The van der Waals surface area contributed by atoms with Crippen molar-refractivity contribution in [3.05, 3.63) is 76.3 Å². The van der Waals surface area contributed by atoms with Crippen molar-refractivity contribution in [3.63, 3.8) is 0 Å². The lowest BCUT2D eigenvalue weighted by Gasteiger charge is -2.19. The van der Waals surface area contributed by atoms with Crippen LogP contribution in [0.15, 0.2) is 48.5 Å². The van der Waals surface area contributed by atoms with E-state index in [1.165, 1.54) is 13.2 Å². The van der Waals surface area contributed by atoms with Gasteiger partial charge in [0, 0.05) is 17.0 Å². The molecule has 5 rings (SSSR count). The zero-order chi connectivity index (χ0) is 27.7. The molecule has 2 aliphatic heterocycles. The van der Waals surface area contributed by atoms with Gasteiger partial charge in [-0.1, -0.05) is 18.2 Å². The third kappa shape index (κ3) is 5.07. The van der Waals surface area contributed by atoms with Crippen LogP contribution in [-0.4, -0.2) is 53.8 Å². The van der Waals surface area contributed by atoms with Gasteiger partial charge in [-0.15, -0.1) is 0 Å². The number of aliphatic hydroxyl groups excluding tert-OH is 2. The minimum absolute atomic E-state index is 0.00851. The lowest BCUT2D eigenvalue weighted by molar-refractivity contribution is -0.141. The summed E-state index contributed by atoms with van der Waals surface area (Å²) in [6.45, 7) is -0.217. The molecule has 1 fully saturated rings. The maximum Gasteiger partial charge on any atom is 0.309 e. The zero-order valence-corrected chi connectivity index (χ0v) is 21.8. The van der Waals surface area contributed by atoms with Crippen molar-refractivity contribution in [2.75, 3.05) is 27.4 Å². The summed E-state index contributed by atoms with van der Waals surface area (Å²) < 4.78 is 22.6. The number of fused-ring (bicyclic) bond motifs is 1. The van der Waals surface area contributed by atoms with Crippen molar-refractivity contribution >= 4 is 5.97 Å². The summed E-state index contributed by atoms with van der Waals surface area (Å²) in [5.74, 6) is 0.324. The molecule has 3 aromatic carbocycles. The highest BCUT2D eigenvalue weighted by Crippen LogP contribution is 2.51. The van der Waals surface area contributed by atoms with Gasteiger partial charge < -0.3 is 39.4 Å². The van der Waals surface area contributed by atoms with Gasteiger partial charge in [0.1, 0.15) is 11.9 Å². The summed E-state index contributed by atoms with van der Waals surface area (Å²) in [7, 11) is 3.03. The largest absolute Gasteiger partial charge is 0.508 e. The van der Waals surface area contributed by atoms with Crippen molar-refractivity contribution in [2.45, 2.75) is 31.5 Å². The Morgan fingerprint density at radius 3 is 2.33 bits per heavy atom. The molecule has 4 N–H and O–H groups in total. The van der Waals surface area contributed by atoms with Crippen molar-refractivity contribution in [3.8, 4) is 28.7 Å². The number of ether oxygens (including phenoxy) is 4. The number of aliphatic hydroxyl groups is 2. The predicted octanol–water partition coefficient (Wildman–Crippen LogP) is 3.39. The van der Waals surface area contributed by atoms with E-state index >= 15 is 0 Å². The highest BCUT2D eigenvalue weighted by molar-refractivity contribution is 5.75. The molecule has 2 heterocycles. The molecule has 0 aliphatic carbocycles. The molecule has 206 valence electrons. The average molecular weight is 537 g/mol. The maximum atomic E-state index is 12.7. The smallest absolute Gasteiger partial charge is 0.309 e. The Balaban J connectivity index is 1.41. The standard InChI is InChI=1S/C30H32O9/c1-36-26-10-16(3-5-25(26)34)8-21-20(15-38-30(21)35)7-17-9-22-23(14-32)28(39-29(22)27(11-17)37-2)18-4-6-24(33)19(12-18)13-31/h3-6,9-12,20-21,23,28,31-34H,7-8,13-15H2,1-2H3. The van der Waals surface area contributed by atoms with Gasteiger partial charge >= 0.3 is 5.97 Å². The molecular formula is C30H32O9. The number of hydrogen-bond donors (Lipinski definition) is 4. The number of aromatic hydroxyl groups is 2. The Labute approximate surface area is 226 Å². The number of phenolic OH excluding ortho intramolecular Hbond substituents is 1. The van der Waals surface area contributed by atoms with Crippen LogP contribution in [0.3, 0.4) is 0 Å². The van der Waals surface area contributed by atoms with Crippen molar-refractivity contribution in [1.29, 1.82) is 0 Å². The van der Waals surface area contributed by atoms with Gasteiger partial charge in [0.2, 0.25) is 0 Å². The van der Waals surface area contributed by atoms with Gasteiger partial charge in [0.15, 0.2) is 23.0 Å². The fourth-order valence-corrected chi connectivity index (χ4v) is 5.59. The molecule has 3 aromatic rings. The summed E-state index contributed by atoms with van der Waals surface area (Å²) in [6.07, 6.45) is 0.459. The van der Waals surface area contributed by atoms with Crippen LogP contribution in [0.5, 0.6) is 28.7 Å². The maximum absolute atomic E-state index is 12.7. The molecule has 0 bridgehead atoms. The van der Waals surface area contributed by atoms with E-state index in [-0.39, 0.29) is 49.1 Å². The predicted molar refractivity (Wildman–Crippen MR) is 140 cm³/mol. The Hall–Kier alpha value is -3.95. The summed E-state index contributed by atoms with van der Waals surface area (Å²) in [6, 6.07) is 13.8. The van der Waals surface area contributed by atoms with E-state index < -0.39 is 12.0 Å². The summed E-state index contributed by atoms with van der Waals surface area (Å²) in [5.41, 5.74) is 3.67. The van der Waals surface area contributed by atoms with Crippen LogP contribution >= 0.6 is 0 Å². The number of methoxy groups -OCH3 is 2. The minimum atomic E-state index is -0.534. The van der Waals surface area contributed by atoms with Crippen molar-refractivity contribution < 1.29 is 44.2 Å². The Morgan fingerprint density at radius 2 is 1.62 bits per heavy atom. The van der Waals surface area contributed by atoms with Gasteiger partial charge in [0.25, 0.3) is 0 Å². The van der Waals surface area contributed by atoms with Crippen LogP contribution < -0.4 is 14.2 Å². The Morgan fingerprint density at radius 1 is 0.872 bits per heavy atom. The molecule has 9 nitrogen and oxygen atoms in total. The molecule has 4 unspecified atom stereocenters. The first kappa shape index (κ1) is 26.6. The lowest BCUT2D eigenvalue weighted by atomic mass is 9.83. The molecular weight excluding hydrogens is 504 g/mol. The average Bonchev–Trinajstić information content (AvgIpc) is 3.49. The fraction of sp³-hybridized carbons (Fsp3) is 0.367. The third-order valence-corrected chi connectivity index (χ3v) is 7.68. The van der Waals surface area contributed by atoms with Crippen molar-refractivity contribution in [1.82, 2.24) is 0 Å². The van der Waals surface area contributed by atoms with Crippen molar-refractivity contribution in [2.24, 2.45) is 11.8 Å². The number of hydrogen-bond acceptors (Lipinski definition) is 9. The number of cyclic esters (lactones) is 1. The number of benzene rings is 3. The van der Waals surface area contributed by atoms with Crippen LogP contribution in [0.1, 0.15) is 39.8 Å². The van der Waals surface area contributed by atoms with E-state index in [0.29, 0.717) is 35.7 Å². The van der Waals surface area contributed by atoms with E-state index in [1.807, 2.05) is 12.1 Å². The van der Waals surface area contributed by atoms with Gasteiger partial charge in [0.05, 0.1) is 45.9 Å². The molecule has 0 amide bonds. The third-order valence-electron chi connectivity index (χ3n) is 7.68. The van der Waals surface area contributed by atoms with Crippen LogP contribution in [-0.2, 0) is 29.0 Å². The first-order chi connectivity index (χ1) is 18.9. The summed E-state index contributed by atoms with van der Waals surface area (Å²) in [5, 5.41) is 39.8. The first-order valence-electron chi connectivity index (χ1n) is 12.8. The van der Waals surface area contributed by atoms with Crippen LogP contribution in [0.25, 0.3) is 0 Å². The number of phenols is 2. The second-order valence-electron chi connectivity index (χ2n) is 10.0. The van der Waals surface area contributed by atoms with Gasteiger partial charge in [-0.25, -0.2) is 0 Å².